The molecule has 1 fully saturated rings. The first-order valence-corrected chi connectivity index (χ1v) is 8.17. The number of nitrogens with one attached hydrogen (secondary N) is 1. The quantitative estimate of drug-likeness (QED) is 0.619. The maximum absolute atomic E-state index is 10.9. The van der Waals surface area contributed by atoms with E-state index in [1.807, 2.05) is 6.07 Å². The van der Waals surface area contributed by atoms with Crippen LogP contribution in [0.3, 0.4) is 0 Å². The maximum atomic E-state index is 10.9. The van der Waals surface area contributed by atoms with Gasteiger partial charge in [0.25, 0.3) is 5.69 Å². The highest BCUT2D eigenvalue weighted by atomic mass is 79.9. The molecular weight excluding hydrogens is 334 g/mol. The number of hydrogen-bond acceptors (Lipinski definition) is 4. The smallest absolute Gasteiger partial charge is 0.273 e. The lowest BCUT2D eigenvalue weighted by Crippen LogP contribution is -2.33. The van der Waals surface area contributed by atoms with Gasteiger partial charge >= 0.3 is 0 Å². The van der Waals surface area contributed by atoms with E-state index in [1.54, 1.807) is 13.0 Å². The number of halogens is 1. The van der Waals surface area contributed by atoms with Crippen molar-refractivity contribution in [1.29, 1.82) is 0 Å². The molecule has 0 unspecified atom stereocenters. The molecule has 0 spiro atoms. The lowest BCUT2D eigenvalue weighted by molar-refractivity contribution is -0.385. The molecule has 0 saturated heterocycles. The highest BCUT2D eigenvalue weighted by molar-refractivity contribution is 9.10. The molecule has 5 nitrogen and oxygen atoms in total. The predicted molar refractivity (Wildman–Crippen MR) is 88.9 cm³/mol. The molecule has 1 aromatic carbocycles. The number of nitro groups is 1. The average Bonchev–Trinajstić information content (AvgIpc) is 2.95. The van der Waals surface area contributed by atoms with Crippen molar-refractivity contribution in [3.05, 3.63) is 32.3 Å². The molecule has 1 aromatic rings. The Morgan fingerprint density at radius 2 is 2.10 bits per heavy atom. The first-order chi connectivity index (χ1) is 9.99. The normalized spacial score (nSPS) is 15.6. The Balaban J connectivity index is 1.91. The number of nitrogens with zero attached hydrogens (tertiary/aromatic N) is 2. The van der Waals surface area contributed by atoms with Crippen molar-refractivity contribution < 1.29 is 4.92 Å². The Labute approximate surface area is 134 Å². The van der Waals surface area contributed by atoms with Crippen molar-refractivity contribution in [2.75, 3.05) is 25.5 Å². The van der Waals surface area contributed by atoms with Crippen molar-refractivity contribution in [2.45, 2.75) is 38.6 Å². The number of hydrogen-bond donors (Lipinski definition) is 1. The summed E-state index contributed by atoms with van der Waals surface area (Å²) < 4.78 is 0.739. The maximum Gasteiger partial charge on any atom is 0.273 e. The van der Waals surface area contributed by atoms with Gasteiger partial charge in [-0.25, -0.2) is 0 Å². The van der Waals surface area contributed by atoms with Gasteiger partial charge in [0.2, 0.25) is 0 Å². The van der Waals surface area contributed by atoms with E-state index in [2.05, 4.69) is 33.2 Å². The van der Waals surface area contributed by atoms with E-state index < -0.39 is 0 Å². The first kappa shape index (κ1) is 16.2. The highest BCUT2D eigenvalue weighted by Crippen LogP contribution is 2.30. The Kier molecular flexibility index (Phi) is 5.58. The second-order valence-electron chi connectivity index (χ2n) is 5.72. The molecule has 0 aromatic heterocycles. The summed E-state index contributed by atoms with van der Waals surface area (Å²) in [5.41, 5.74) is 1.74. The molecule has 116 valence electrons. The van der Waals surface area contributed by atoms with Crippen LogP contribution in [-0.4, -0.2) is 36.0 Å². The minimum absolute atomic E-state index is 0.149. The van der Waals surface area contributed by atoms with E-state index in [-0.39, 0.29) is 10.6 Å². The standard InChI is InChI=1S/C15H22BrN3O2/c1-11-9-14(13(16)10-15(11)19(20)21)17-7-8-18(2)12-5-3-4-6-12/h9-10,12,17H,3-8H2,1-2H3. The third-order valence-corrected chi connectivity index (χ3v) is 4.87. The van der Waals surface area contributed by atoms with E-state index in [4.69, 9.17) is 0 Å². The topological polar surface area (TPSA) is 58.4 Å². The van der Waals surface area contributed by atoms with Crippen molar-refractivity contribution in [2.24, 2.45) is 0 Å². The van der Waals surface area contributed by atoms with E-state index >= 15 is 0 Å². The molecule has 1 saturated carbocycles. The lowest BCUT2D eigenvalue weighted by atomic mass is 10.2. The van der Waals surface area contributed by atoms with Gasteiger partial charge < -0.3 is 10.2 Å². The van der Waals surface area contributed by atoms with Gasteiger partial charge in [0.05, 0.1) is 4.92 Å². The van der Waals surface area contributed by atoms with Crippen LogP contribution in [0, 0.1) is 17.0 Å². The van der Waals surface area contributed by atoms with E-state index in [0.717, 1.165) is 23.2 Å². The number of nitro benzene ring substituents is 1. The van der Waals surface area contributed by atoms with Crippen LogP contribution in [0.4, 0.5) is 11.4 Å². The SMILES string of the molecule is Cc1cc(NCCN(C)C2CCCC2)c(Br)cc1[N+](=O)[O-]. The number of benzene rings is 1. The molecule has 1 N–H and O–H groups in total. The van der Waals surface area contributed by atoms with Gasteiger partial charge in [-0.2, -0.15) is 0 Å². The van der Waals surface area contributed by atoms with Crippen molar-refractivity contribution in [1.82, 2.24) is 4.90 Å². The molecule has 0 radical (unpaired) electrons. The zero-order chi connectivity index (χ0) is 15.4. The zero-order valence-electron chi connectivity index (χ0n) is 12.6. The predicted octanol–water partition coefficient (Wildman–Crippen LogP) is 3.95. The summed E-state index contributed by atoms with van der Waals surface area (Å²) in [5, 5.41) is 14.3. The van der Waals surface area contributed by atoms with Crippen LogP contribution in [0.5, 0.6) is 0 Å². The summed E-state index contributed by atoms with van der Waals surface area (Å²) >= 11 is 3.40. The van der Waals surface area contributed by atoms with Gasteiger partial charge in [-0.1, -0.05) is 12.8 Å². The van der Waals surface area contributed by atoms with Gasteiger partial charge in [0.1, 0.15) is 0 Å². The monoisotopic (exact) mass is 355 g/mol. The third kappa shape index (κ3) is 4.17. The Hall–Kier alpha value is -1.14. The minimum Gasteiger partial charge on any atom is -0.383 e. The van der Waals surface area contributed by atoms with Crippen LogP contribution in [0.2, 0.25) is 0 Å². The summed E-state index contributed by atoms with van der Waals surface area (Å²) in [6.07, 6.45) is 5.29. The molecule has 0 bridgehead atoms. The van der Waals surface area contributed by atoms with Gasteiger partial charge in [-0.3, -0.25) is 10.1 Å². The molecule has 1 aliphatic rings. The van der Waals surface area contributed by atoms with Crippen molar-refractivity contribution >= 4 is 27.3 Å². The van der Waals surface area contributed by atoms with Gasteiger partial charge in [0.15, 0.2) is 0 Å². The molecular formula is C15H22BrN3O2. The fourth-order valence-electron chi connectivity index (χ4n) is 2.90. The van der Waals surface area contributed by atoms with Crippen LogP contribution in [-0.2, 0) is 0 Å². The molecule has 2 rings (SSSR count). The van der Waals surface area contributed by atoms with Gasteiger partial charge in [-0.15, -0.1) is 0 Å². The van der Waals surface area contributed by atoms with Gasteiger partial charge in [-0.05, 0) is 48.8 Å². The second-order valence-corrected chi connectivity index (χ2v) is 6.58. The van der Waals surface area contributed by atoms with Crippen LogP contribution < -0.4 is 5.32 Å². The molecule has 0 heterocycles. The molecule has 21 heavy (non-hydrogen) atoms. The van der Waals surface area contributed by atoms with Crippen LogP contribution in [0.1, 0.15) is 31.2 Å². The minimum atomic E-state index is -0.349. The highest BCUT2D eigenvalue weighted by Gasteiger charge is 2.19. The Morgan fingerprint density at radius 1 is 1.43 bits per heavy atom. The summed E-state index contributed by atoms with van der Waals surface area (Å²) in [4.78, 5) is 13.0. The second kappa shape index (κ2) is 7.22. The molecule has 0 atom stereocenters. The molecule has 6 heteroatoms. The average molecular weight is 356 g/mol. The molecule has 0 amide bonds. The number of aryl methyl sites for hydroxylation is 1. The molecule has 0 aliphatic heterocycles. The summed E-state index contributed by atoms with van der Waals surface area (Å²) in [6.45, 7) is 3.58. The van der Waals surface area contributed by atoms with Crippen LogP contribution >= 0.6 is 15.9 Å². The number of anilines is 1. The van der Waals surface area contributed by atoms with Crippen LogP contribution in [0.15, 0.2) is 16.6 Å². The van der Waals surface area contributed by atoms with Crippen molar-refractivity contribution in [3.8, 4) is 0 Å². The largest absolute Gasteiger partial charge is 0.383 e. The number of rotatable bonds is 6. The van der Waals surface area contributed by atoms with E-state index in [1.165, 1.54) is 25.7 Å². The summed E-state index contributed by atoms with van der Waals surface area (Å²) in [6, 6.07) is 4.12. The van der Waals surface area contributed by atoms with E-state index in [0.29, 0.717) is 11.6 Å². The first-order valence-electron chi connectivity index (χ1n) is 7.37. The summed E-state index contributed by atoms with van der Waals surface area (Å²) in [7, 11) is 2.17. The Morgan fingerprint density at radius 3 is 2.71 bits per heavy atom. The molecule has 1 aliphatic carbocycles. The van der Waals surface area contributed by atoms with Crippen molar-refractivity contribution in [3.63, 3.8) is 0 Å². The number of likely N-dealkylation sites (N-methyl/N-ethyl adjacent to an activating group) is 1. The third-order valence-electron chi connectivity index (χ3n) is 4.21. The lowest BCUT2D eigenvalue weighted by Gasteiger charge is -2.24. The summed E-state index contributed by atoms with van der Waals surface area (Å²) in [5.74, 6) is 0. The Bertz CT molecular complexity index is 516. The van der Waals surface area contributed by atoms with Crippen LogP contribution in [0.25, 0.3) is 0 Å². The van der Waals surface area contributed by atoms with Gasteiger partial charge in [0, 0.05) is 40.9 Å². The zero-order valence-corrected chi connectivity index (χ0v) is 14.1. The fourth-order valence-corrected chi connectivity index (χ4v) is 3.37. The van der Waals surface area contributed by atoms with E-state index in [9.17, 15) is 10.1 Å². The fraction of sp³-hybridized carbons (Fsp3) is 0.600.